The number of nitrogens with one attached hydrogen (secondary N) is 1. The molecule has 0 radical (unpaired) electrons. The lowest BCUT2D eigenvalue weighted by atomic mass is 10.1. The van der Waals surface area contributed by atoms with Gasteiger partial charge in [-0.25, -0.2) is 29.3 Å². The molecule has 0 saturated carbocycles. The Balaban J connectivity index is 1.25. The standard InChI is InChI=1S/C38H26I3N5O8/c39-25-12-6-22(7-13-25)36(48)51-18-28-30(53-37(49)23-8-14-26(40)15-9-23)31(54-38(50)24-10-16-27(41)17-11-24)35(52-28)46-20-44-29-32(42-19-43-33(29)46)45-34(47)21-4-2-1-3-5-21/h1-17,19-20,28,30-31,35H,18H2,(H,42,43,45,47). The number of imidazole rings is 1. The van der Waals surface area contributed by atoms with E-state index in [0.717, 1.165) is 10.7 Å². The Hall–Kier alpha value is -4.54. The van der Waals surface area contributed by atoms with Gasteiger partial charge in [0.2, 0.25) is 0 Å². The van der Waals surface area contributed by atoms with Crippen LogP contribution in [0, 0.1) is 10.7 Å². The third-order valence-corrected chi connectivity index (χ3v) is 10.4. The molecule has 54 heavy (non-hydrogen) atoms. The van der Waals surface area contributed by atoms with Gasteiger partial charge >= 0.3 is 17.9 Å². The van der Waals surface area contributed by atoms with E-state index in [1.54, 1.807) is 103 Å². The van der Waals surface area contributed by atoms with E-state index in [4.69, 9.17) is 18.9 Å². The van der Waals surface area contributed by atoms with Gasteiger partial charge in [0.25, 0.3) is 5.91 Å². The molecule has 6 aromatic rings. The predicted octanol–water partition coefficient (Wildman–Crippen LogP) is 7.10. The van der Waals surface area contributed by atoms with Gasteiger partial charge in [-0.2, -0.15) is 0 Å². The Bertz CT molecular complexity index is 2320. The number of hydrogen-bond donors (Lipinski definition) is 1. The molecule has 0 bridgehead atoms. The number of benzene rings is 4. The average molecular weight is 1060 g/mol. The Morgan fingerprint density at radius 1 is 0.648 bits per heavy atom. The van der Waals surface area contributed by atoms with Crippen LogP contribution < -0.4 is 5.32 Å². The van der Waals surface area contributed by atoms with Crippen LogP contribution in [0.2, 0.25) is 0 Å². The van der Waals surface area contributed by atoms with Crippen LogP contribution in [0.3, 0.4) is 0 Å². The molecule has 13 nitrogen and oxygen atoms in total. The molecule has 1 aliphatic heterocycles. The molecular formula is C38H26I3N5O8. The monoisotopic (exact) mass is 1060 g/mol. The molecule has 7 rings (SSSR count). The highest BCUT2D eigenvalue weighted by atomic mass is 127. The summed E-state index contributed by atoms with van der Waals surface area (Å²) in [5.74, 6) is -2.35. The van der Waals surface area contributed by atoms with Gasteiger partial charge in [0.05, 0.1) is 23.0 Å². The summed E-state index contributed by atoms with van der Waals surface area (Å²) in [6.45, 7) is -0.371. The van der Waals surface area contributed by atoms with E-state index >= 15 is 0 Å². The Morgan fingerprint density at radius 3 is 1.76 bits per heavy atom. The minimum absolute atomic E-state index is 0.128. The van der Waals surface area contributed by atoms with Crippen LogP contribution in [0.15, 0.2) is 116 Å². The van der Waals surface area contributed by atoms with Crippen LogP contribution in [-0.4, -0.2) is 68.3 Å². The number of carbonyl (C=O) groups excluding carboxylic acids is 4. The Kier molecular flexibility index (Phi) is 11.8. The lowest BCUT2D eigenvalue weighted by Gasteiger charge is -2.25. The lowest BCUT2D eigenvalue weighted by molar-refractivity contribution is -0.0606. The first-order valence-corrected chi connectivity index (χ1v) is 19.4. The van der Waals surface area contributed by atoms with Gasteiger partial charge in [0.1, 0.15) is 19.0 Å². The minimum atomic E-state index is -1.30. The first-order valence-electron chi connectivity index (χ1n) is 16.2. The lowest BCUT2D eigenvalue weighted by Crippen LogP contribution is -2.41. The number of halogens is 3. The van der Waals surface area contributed by atoms with Crippen molar-refractivity contribution in [3.63, 3.8) is 0 Å². The normalized spacial score (nSPS) is 17.8. The first-order chi connectivity index (χ1) is 26.1. The van der Waals surface area contributed by atoms with Crippen molar-refractivity contribution in [3.05, 3.63) is 149 Å². The molecule has 1 fully saturated rings. The van der Waals surface area contributed by atoms with Gasteiger partial charge in [0, 0.05) is 16.3 Å². The largest absolute Gasteiger partial charge is 0.459 e. The van der Waals surface area contributed by atoms with Crippen LogP contribution in [0.25, 0.3) is 11.2 Å². The van der Waals surface area contributed by atoms with Crippen LogP contribution in [0.1, 0.15) is 47.7 Å². The minimum Gasteiger partial charge on any atom is -0.459 e. The summed E-state index contributed by atoms with van der Waals surface area (Å²) in [5.41, 5.74) is 1.64. The van der Waals surface area contributed by atoms with Crippen molar-refractivity contribution < 1.29 is 38.1 Å². The summed E-state index contributed by atoms with van der Waals surface area (Å²) in [6.07, 6.45) is -2.27. The number of aromatic nitrogens is 4. The van der Waals surface area contributed by atoms with Crippen molar-refractivity contribution in [2.45, 2.75) is 24.5 Å². The number of ether oxygens (including phenoxy) is 4. The maximum atomic E-state index is 13.7. The number of amides is 1. The first kappa shape index (κ1) is 37.8. The number of esters is 3. The number of hydrogen-bond acceptors (Lipinski definition) is 11. The summed E-state index contributed by atoms with van der Waals surface area (Å²) in [7, 11) is 0. The van der Waals surface area contributed by atoms with Crippen LogP contribution in [-0.2, 0) is 18.9 Å². The second-order valence-electron chi connectivity index (χ2n) is 11.8. The fourth-order valence-corrected chi connectivity index (χ4v) is 6.69. The zero-order valence-electron chi connectivity index (χ0n) is 27.7. The molecule has 0 aliphatic carbocycles. The van der Waals surface area contributed by atoms with Gasteiger partial charge in [0.15, 0.2) is 35.4 Å². The molecule has 4 aromatic carbocycles. The van der Waals surface area contributed by atoms with Crippen molar-refractivity contribution >= 4 is 109 Å². The second-order valence-corrected chi connectivity index (χ2v) is 15.5. The number of rotatable bonds is 10. The van der Waals surface area contributed by atoms with E-state index in [2.05, 4.69) is 88.0 Å². The molecule has 3 heterocycles. The number of carbonyl (C=O) groups is 4. The van der Waals surface area contributed by atoms with Crippen molar-refractivity contribution in [3.8, 4) is 0 Å². The summed E-state index contributed by atoms with van der Waals surface area (Å²) in [5, 5.41) is 2.77. The molecule has 4 atom stereocenters. The summed E-state index contributed by atoms with van der Waals surface area (Å²) in [4.78, 5) is 66.7. The van der Waals surface area contributed by atoms with Gasteiger partial charge in [-0.05, 0) is 153 Å². The van der Waals surface area contributed by atoms with Gasteiger partial charge in [-0.3, -0.25) is 9.36 Å². The van der Waals surface area contributed by atoms with Gasteiger partial charge < -0.3 is 24.3 Å². The third-order valence-electron chi connectivity index (χ3n) is 8.29. The van der Waals surface area contributed by atoms with Gasteiger partial charge in [-0.15, -0.1) is 0 Å². The number of anilines is 1. The number of fused-ring (bicyclic) bond motifs is 1. The highest BCUT2D eigenvalue weighted by molar-refractivity contribution is 14.1. The molecule has 1 amide bonds. The molecule has 4 unspecified atom stereocenters. The fourth-order valence-electron chi connectivity index (χ4n) is 5.62. The summed E-state index contributed by atoms with van der Waals surface area (Å²) < 4.78 is 28.6. The predicted molar refractivity (Wildman–Crippen MR) is 220 cm³/mol. The highest BCUT2D eigenvalue weighted by Gasteiger charge is 2.52. The maximum Gasteiger partial charge on any atom is 0.338 e. The molecule has 1 N–H and O–H groups in total. The highest BCUT2D eigenvalue weighted by Crippen LogP contribution is 2.37. The molecule has 0 spiro atoms. The summed E-state index contributed by atoms with van der Waals surface area (Å²) >= 11 is 6.39. The quantitative estimate of drug-likeness (QED) is 0.0847. The van der Waals surface area contributed by atoms with Crippen molar-refractivity contribution in [2.75, 3.05) is 11.9 Å². The van der Waals surface area contributed by atoms with Crippen LogP contribution >= 0.6 is 67.8 Å². The molecule has 16 heteroatoms. The second kappa shape index (κ2) is 16.9. The van der Waals surface area contributed by atoms with E-state index in [1.165, 1.54) is 17.2 Å². The van der Waals surface area contributed by atoms with Crippen LogP contribution in [0.4, 0.5) is 5.82 Å². The molecule has 2 aromatic heterocycles. The van der Waals surface area contributed by atoms with Crippen molar-refractivity contribution in [2.24, 2.45) is 0 Å². The molecule has 1 aliphatic rings. The molecule has 1 saturated heterocycles. The van der Waals surface area contributed by atoms with E-state index in [-0.39, 0.29) is 34.7 Å². The van der Waals surface area contributed by atoms with E-state index in [1.807, 2.05) is 0 Å². The summed E-state index contributed by atoms with van der Waals surface area (Å²) in [6, 6.07) is 28.9. The van der Waals surface area contributed by atoms with Gasteiger partial charge in [-0.1, -0.05) is 18.2 Å². The zero-order chi connectivity index (χ0) is 37.8. The smallest absolute Gasteiger partial charge is 0.338 e. The maximum absolute atomic E-state index is 13.7. The third kappa shape index (κ3) is 8.55. The van der Waals surface area contributed by atoms with E-state index in [0.29, 0.717) is 11.1 Å². The van der Waals surface area contributed by atoms with Crippen molar-refractivity contribution in [1.82, 2.24) is 19.5 Å². The average Bonchev–Trinajstić information content (AvgIpc) is 3.76. The SMILES string of the molecule is O=C(Nc1ncnc2c1ncn2C1OC(COC(=O)c2ccc(I)cc2)C(OC(=O)c2ccc(I)cc2)C1OC(=O)c1ccc(I)cc1)c1ccccc1. The fraction of sp³-hybridized carbons (Fsp3) is 0.132. The van der Waals surface area contributed by atoms with E-state index < -0.39 is 48.4 Å². The van der Waals surface area contributed by atoms with Crippen LogP contribution in [0.5, 0.6) is 0 Å². The zero-order valence-corrected chi connectivity index (χ0v) is 34.1. The van der Waals surface area contributed by atoms with E-state index in [9.17, 15) is 19.2 Å². The van der Waals surface area contributed by atoms with Crippen molar-refractivity contribution in [1.29, 1.82) is 0 Å². The Labute approximate surface area is 348 Å². The molecular weight excluding hydrogens is 1040 g/mol. The topological polar surface area (TPSA) is 161 Å². The number of nitrogens with zero attached hydrogens (tertiary/aromatic N) is 4. The Morgan fingerprint density at radius 2 is 1.19 bits per heavy atom. The molecule has 272 valence electrons.